The molecule has 0 N–H and O–H groups in total. The number of nitrogens with zero attached hydrogens (tertiary/aromatic N) is 2. The fourth-order valence-electron chi connectivity index (χ4n) is 5.63. The van der Waals surface area contributed by atoms with Crippen LogP contribution in [0.25, 0.3) is 43.6 Å². The van der Waals surface area contributed by atoms with E-state index in [1.807, 2.05) is 0 Å². The summed E-state index contributed by atoms with van der Waals surface area (Å²) in [6.45, 7) is 0.784. The SMILES string of the molecule is c1ccc2c(c1)c1ccc3c4ccccc4n4c3c1n2[C@@H]1C[C@]2(CO2)[C@H]4O1. The molecule has 5 heterocycles. The lowest BCUT2D eigenvalue weighted by molar-refractivity contribution is -0.0381. The van der Waals surface area contributed by atoms with E-state index < -0.39 is 0 Å². The molecule has 0 amide bonds. The third-order valence-corrected chi connectivity index (χ3v) is 6.83. The highest BCUT2D eigenvalue weighted by molar-refractivity contribution is 6.22. The first-order valence-corrected chi connectivity index (χ1v) is 9.59. The Labute approximate surface area is 154 Å². The van der Waals surface area contributed by atoms with Crippen molar-refractivity contribution in [1.82, 2.24) is 9.13 Å². The van der Waals surface area contributed by atoms with Crippen LogP contribution < -0.4 is 0 Å². The molecule has 0 saturated carbocycles. The zero-order valence-electron chi connectivity index (χ0n) is 14.6. The van der Waals surface area contributed by atoms with E-state index in [2.05, 4.69) is 69.8 Å². The fraction of sp³-hybridized carbons (Fsp3) is 0.217. The monoisotopic (exact) mass is 352 g/mol. The highest BCUT2D eigenvalue weighted by atomic mass is 16.7. The van der Waals surface area contributed by atoms with Gasteiger partial charge >= 0.3 is 0 Å². The van der Waals surface area contributed by atoms with Crippen molar-refractivity contribution in [3.05, 3.63) is 60.7 Å². The van der Waals surface area contributed by atoms with E-state index >= 15 is 0 Å². The van der Waals surface area contributed by atoms with Gasteiger partial charge < -0.3 is 18.6 Å². The molecule has 4 nitrogen and oxygen atoms in total. The van der Waals surface area contributed by atoms with Crippen LogP contribution in [0.15, 0.2) is 60.7 Å². The Morgan fingerprint density at radius 1 is 0.741 bits per heavy atom. The summed E-state index contributed by atoms with van der Waals surface area (Å²) in [5.41, 5.74) is 4.89. The highest BCUT2D eigenvalue weighted by Gasteiger charge is 2.62. The second-order valence-electron chi connectivity index (χ2n) is 8.13. The van der Waals surface area contributed by atoms with Crippen molar-refractivity contribution >= 4 is 43.6 Å². The van der Waals surface area contributed by atoms with Gasteiger partial charge in [0.25, 0.3) is 0 Å². The van der Waals surface area contributed by atoms with E-state index in [9.17, 15) is 0 Å². The van der Waals surface area contributed by atoms with Crippen LogP contribution in [0.3, 0.4) is 0 Å². The van der Waals surface area contributed by atoms with Gasteiger partial charge in [0.05, 0.1) is 28.7 Å². The van der Waals surface area contributed by atoms with Gasteiger partial charge in [0.1, 0.15) is 11.8 Å². The molecule has 1 spiro atoms. The number of epoxide rings is 1. The number of hydrogen-bond acceptors (Lipinski definition) is 2. The van der Waals surface area contributed by atoms with Crippen molar-refractivity contribution < 1.29 is 9.47 Å². The fourth-order valence-corrected chi connectivity index (χ4v) is 5.63. The molecule has 2 bridgehead atoms. The zero-order chi connectivity index (χ0) is 17.3. The van der Waals surface area contributed by atoms with Crippen LogP contribution in [-0.2, 0) is 9.47 Å². The first-order valence-electron chi connectivity index (χ1n) is 9.59. The lowest BCUT2D eigenvalue weighted by Gasteiger charge is -2.18. The maximum absolute atomic E-state index is 6.70. The minimum absolute atomic E-state index is 0.0177. The number of ether oxygens (including phenoxy) is 2. The average molecular weight is 352 g/mol. The lowest BCUT2D eigenvalue weighted by Crippen LogP contribution is -2.22. The summed E-state index contributed by atoms with van der Waals surface area (Å²) in [4.78, 5) is 0. The molecule has 3 aliphatic heterocycles. The summed E-state index contributed by atoms with van der Waals surface area (Å²) >= 11 is 0. The van der Waals surface area contributed by atoms with Gasteiger partial charge in [-0.05, 0) is 12.1 Å². The van der Waals surface area contributed by atoms with Crippen molar-refractivity contribution in [3.63, 3.8) is 0 Å². The number of fused-ring (bicyclic) bond motifs is 11. The second-order valence-corrected chi connectivity index (χ2v) is 8.13. The summed E-state index contributed by atoms with van der Waals surface area (Å²) in [6, 6.07) is 21.9. The molecule has 2 fully saturated rings. The van der Waals surface area contributed by atoms with Crippen molar-refractivity contribution in [2.24, 2.45) is 0 Å². The van der Waals surface area contributed by atoms with Crippen molar-refractivity contribution in [2.75, 3.05) is 6.61 Å². The smallest absolute Gasteiger partial charge is 0.168 e. The average Bonchev–Trinajstić information content (AvgIpc) is 3.17. The van der Waals surface area contributed by atoms with Gasteiger partial charge in [-0.25, -0.2) is 0 Å². The molecule has 8 rings (SSSR count). The van der Waals surface area contributed by atoms with E-state index in [1.54, 1.807) is 0 Å². The first-order chi connectivity index (χ1) is 13.4. The molecular weight excluding hydrogens is 336 g/mol. The first kappa shape index (κ1) is 13.4. The lowest BCUT2D eigenvalue weighted by atomic mass is 10.1. The molecule has 27 heavy (non-hydrogen) atoms. The third kappa shape index (κ3) is 1.34. The van der Waals surface area contributed by atoms with Gasteiger partial charge in [0.2, 0.25) is 0 Å². The zero-order valence-corrected chi connectivity index (χ0v) is 14.6. The minimum Gasteiger partial charge on any atom is -0.364 e. The molecule has 4 heteroatoms. The molecule has 5 aromatic rings. The molecule has 0 aliphatic carbocycles. The van der Waals surface area contributed by atoms with E-state index in [1.165, 1.54) is 43.6 Å². The summed E-state index contributed by atoms with van der Waals surface area (Å²) < 4.78 is 17.6. The Morgan fingerprint density at radius 2 is 1.33 bits per heavy atom. The number of para-hydroxylation sites is 2. The van der Waals surface area contributed by atoms with E-state index in [0.717, 1.165) is 13.0 Å². The van der Waals surface area contributed by atoms with Gasteiger partial charge in [0.15, 0.2) is 6.23 Å². The highest BCUT2D eigenvalue weighted by Crippen LogP contribution is 2.58. The van der Waals surface area contributed by atoms with Crippen molar-refractivity contribution in [2.45, 2.75) is 24.5 Å². The summed E-state index contributed by atoms with van der Waals surface area (Å²) in [7, 11) is 0. The Morgan fingerprint density at radius 3 is 2.00 bits per heavy atom. The van der Waals surface area contributed by atoms with Crippen LogP contribution in [0.2, 0.25) is 0 Å². The summed E-state index contributed by atoms with van der Waals surface area (Å²) in [6.07, 6.45) is 0.867. The Kier molecular flexibility index (Phi) is 2.00. The van der Waals surface area contributed by atoms with E-state index in [-0.39, 0.29) is 18.1 Å². The molecule has 130 valence electrons. The predicted molar refractivity (Wildman–Crippen MR) is 105 cm³/mol. The van der Waals surface area contributed by atoms with Crippen molar-refractivity contribution in [3.8, 4) is 0 Å². The van der Waals surface area contributed by atoms with Gasteiger partial charge in [0, 0.05) is 28.0 Å². The number of aromatic nitrogens is 2. The quantitative estimate of drug-likeness (QED) is 0.363. The molecule has 2 saturated heterocycles. The standard InChI is InChI=1S/C23H16N2O2/c1-3-7-17-13(5-1)15-9-10-16-14-6-2-4-8-18(14)25-21(16)20(15)24(17)19-11-23(12-26-23)22(25)27-19/h1-10,19,22H,11-12H2/t19-,22+,23-/m0/s1. The molecule has 2 aromatic heterocycles. The van der Waals surface area contributed by atoms with Crippen LogP contribution in [-0.4, -0.2) is 21.3 Å². The van der Waals surface area contributed by atoms with Gasteiger partial charge in [-0.1, -0.05) is 48.5 Å². The number of hydrogen-bond donors (Lipinski definition) is 0. The Bertz CT molecular complexity index is 1450. The Balaban J connectivity index is 1.73. The molecule has 3 aliphatic rings. The van der Waals surface area contributed by atoms with Gasteiger partial charge in [-0.3, -0.25) is 0 Å². The maximum atomic E-state index is 6.70. The molecule has 3 aromatic carbocycles. The summed E-state index contributed by atoms with van der Waals surface area (Å²) in [5, 5.41) is 5.19. The van der Waals surface area contributed by atoms with Crippen LogP contribution in [0.5, 0.6) is 0 Å². The second kappa shape index (κ2) is 4.03. The maximum Gasteiger partial charge on any atom is 0.168 e. The van der Waals surface area contributed by atoms with Gasteiger partial charge in [-0.15, -0.1) is 0 Å². The number of benzene rings is 3. The molecular formula is C23H16N2O2. The number of rotatable bonds is 0. The van der Waals surface area contributed by atoms with Gasteiger partial charge in [-0.2, -0.15) is 0 Å². The largest absolute Gasteiger partial charge is 0.364 e. The van der Waals surface area contributed by atoms with E-state index in [0.29, 0.717) is 0 Å². The Hall–Kier alpha value is -2.82. The van der Waals surface area contributed by atoms with E-state index in [4.69, 9.17) is 9.47 Å². The molecule has 0 unspecified atom stereocenters. The van der Waals surface area contributed by atoms with Crippen LogP contribution >= 0.6 is 0 Å². The molecule has 0 radical (unpaired) electrons. The normalized spacial score (nSPS) is 28.3. The van der Waals surface area contributed by atoms with Crippen LogP contribution in [0, 0.1) is 0 Å². The summed E-state index contributed by atoms with van der Waals surface area (Å²) in [5.74, 6) is 0. The van der Waals surface area contributed by atoms with Crippen LogP contribution in [0.1, 0.15) is 18.9 Å². The minimum atomic E-state index is -0.176. The third-order valence-electron chi connectivity index (χ3n) is 6.83. The predicted octanol–water partition coefficient (Wildman–Crippen LogP) is 5.10. The molecule has 3 atom stereocenters. The van der Waals surface area contributed by atoms with Crippen molar-refractivity contribution in [1.29, 1.82) is 0 Å². The topological polar surface area (TPSA) is 31.6 Å². The van der Waals surface area contributed by atoms with Crippen LogP contribution in [0.4, 0.5) is 0 Å².